The summed E-state index contributed by atoms with van der Waals surface area (Å²) in [6, 6.07) is 3.49. The molecule has 3 rings (SSSR count). The van der Waals surface area contributed by atoms with Crippen molar-refractivity contribution in [2.24, 2.45) is 0 Å². The van der Waals surface area contributed by atoms with Crippen LogP contribution in [0.2, 0.25) is 0 Å². The van der Waals surface area contributed by atoms with E-state index in [0.717, 1.165) is 17.9 Å². The molecule has 0 spiro atoms. The first kappa shape index (κ1) is 21.5. The highest BCUT2D eigenvalue weighted by Crippen LogP contribution is 2.35. The number of sulfonamides is 1. The fourth-order valence-corrected chi connectivity index (χ4v) is 6.48. The average Bonchev–Trinajstić information content (AvgIpc) is 3.14. The Bertz CT molecular complexity index is 771. The number of amides is 1. The van der Waals surface area contributed by atoms with E-state index in [9.17, 15) is 13.2 Å². The molecule has 1 amide bonds. The van der Waals surface area contributed by atoms with E-state index in [1.165, 1.54) is 17.1 Å². The smallest absolute Gasteiger partial charge is 0.254 e. The van der Waals surface area contributed by atoms with Gasteiger partial charge in [-0.05, 0) is 38.8 Å². The zero-order valence-corrected chi connectivity index (χ0v) is 18.1. The van der Waals surface area contributed by atoms with Gasteiger partial charge in [-0.15, -0.1) is 11.8 Å². The van der Waals surface area contributed by atoms with Gasteiger partial charge in [0.05, 0.1) is 23.5 Å². The van der Waals surface area contributed by atoms with E-state index < -0.39 is 10.0 Å². The van der Waals surface area contributed by atoms with E-state index in [-0.39, 0.29) is 30.4 Å². The summed E-state index contributed by atoms with van der Waals surface area (Å²) in [7, 11) is -3.44. The summed E-state index contributed by atoms with van der Waals surface area (Å²) in [5, 5.41) is 3.99. The molecule has 1 aromatic rings. The van der Waals surface area contributed by atoms with E-state index in [0.29, 0.717) is 23.9 Å². The number of morpholine rings is 1. The maximum atomic E-state index is 12.6. The first-order valence-corrected chi connectivity index (χ1v) is 12.4. The summed E-state index contributed by atoms with van der Waals surface area (Å²) in [6.07, 6.45) is 6.19. The molecule has 0 radical (unpaired) electrons. The maximum Gasteiger partial charge on any atom is 0.254 e. The normalized spacial score (nSPS) is 24.4. The minimum absolute atomic E-state index is 0.0731. The Labute approximate surface area is 171 Å². The van der Waals surface area contributed by atoms with Crippen LogP contribution in [0, 0.1) is 0 Å². The SMILES string of the molecule is C[C@@H]1CN(S(=O)(=O)CCNC(=O)c2cccnc2SC2CCCC2)C[C@H](C)O1. The predicted molar refractivity (Wildman–Crippen MR) is 110 cm³/mol. The van der Waals surface area contributed by atoms with Crippen molar-refractivity contribution in [3.63, 3.8) is 0 Å². The molecule has 7 nitrogen and oxygen atoms in total. The Morgan fingerprint density at radius 3 is 2.64 bits per heavy atom. The first-order valence-electron chi connectivity index (χ1n) is 9.88. The van der Waals surface area contributed by atoms with E-state index in [4.69, 9.17) is 4.74 Å². The van der Waals surface area contributed by atoms with Crippen LogP contribution in [0.25, 0.3) is 0 Å². The lowest BCUT2D eigenvalue weighted by Gasteiger charge is -2.34. The Balaban J connectivity index is 1.55. The summed E-state index contributed by atoms with van der Waals surface area (Å²) in [4.78, 5) is 17.0. The molecule has 1 aliphatic carbocycles. The van der Waals surface area contributed by atoms with Crippen LogP contribution in [0.15, 0.2) is 23.4 Å². The quantitative estimate of drug-likeness (QED) is 0.718. The number of thioether (sulfide) groups is 1. The predicted octanol–water partition coefficient (Wildman–Crippen LogP) is 2.29. The van der Waals surface area contributed by atoms with E-state index in [1.54, 1.807) is 30.1 Å². The second kappa shape index (κ2) is 9.56. The zero-order valence-electron chi connectivity index (χ0n) is 16.5. The topological polar surface area (TPSA) is 88.6 Å². The number of hydrogen-bond acceptors (Lipinski definition) is 6. The molecule has 0 unspecified atom stereocenters. The molecule has 9 heteroatoms. The molecule has 2 atom stereocenters. The van der Waals surface area contributed by atoms with Crippen LogP contribution in [0.3, 0.4) is 0 Å². The van der Waals surface area contributed by atoms with Gasteiger partial charge in [0.15, 0.2) is 0 Å². The Kier molecular flexibility index (Phi) is 7.36. The van der Waals surface area contributed by atoms with Gasteiger partial charge in [-0.1, -0.05) is 12.8 Å². The van der Waals surface area contributed by atoms with Crippen molar-refractivity contribution in [1.29, 1.82) is 0 Å². The highest BCUT2D eigenvalue weighted by atomic mass is 32.2. The fourth-order valence-electron chi connectivity index (χ4n) is 3.70. The Hall–Kier alpha value is -1.16. The van der Waals surface area contributed by atoms with Crippen LogP contribution in [-0.2, 0) is 14.8 Å². The first-order chi connectivity index (χ1) is 13.3. The lowest BCUT2D eigenvalue weighted by atomic mass is 10.3. The van der Waals surface area contributed by atoms with Crippen LogP contribution < -0.4 is 5.32 Å². The second-order valence-corrected chi connectivity index (χ2v) is 10.9. The van der Waals surface area contributed by atoms with Crippen LogP contribution >= 0.6 is 11.8 Å². The molecule has 28 heavy (non-hydrogen) atoms. The van der Waals surface area contributed by atoms with Gasteiger partial charge < -0.3 is 10.1 Å². The lowest BCUT2D eigenvalue weighted by molar-refractivity contribution is -0.0440. The number of nitrogens with one attached hydrogen (secondary N) is 1. The molecule has 1 aliphatic heterocycles. The van der Waals surface area contributed by atoms with Crippen molar-refractivity contribution < 1.29 is 17.9 Å². The molecule has 0 aromatic carbocycles. The van der Waals surface area contributed by atoms with Gasteiger partial charge in [0, 0.05) is 31.1 Å². The number of rotatable bonds is 7. The monoisotopic (exact) mass is 427 g/mol. The van der Waals surface area contributed by atoms with Crippen molar-refractivity contribution in [3.8, 4) is 0 Å². The molecule has 156 valence electrons. The molecule has 2 heterocycles. The molecule has 1 saturated heterocycles. The van der Waals surface area contributed by atoms with Crippen molar-refractivity contribution in [2.75, 3.05) is 25.4 Å². The molecular weight excluding hydrogens is 398 g/mol. The van der Waals surface area contributed by atoms with Crippen LogP contribution in [0.5, 0.6) is 0 Å². The van der Waals surface area contributed by atoms with Gasteiger partial charge in [0.2, 0.25) is 10.0 Å². The standard InChI is InChI=1S/C19H29N3O4S2/c1-14-12-22(13-15(2)26-14)28(24,25)11-10-20-18(23)17-8-5-9-21-19(17)27-16-6-3-4-7-16/h5,8-9,14-16H,3-4,6-7,10-13H2,1-2H3,(H,20,23)/t14-,15+. The minimum atomic E-state index is -3.44. The number of ether oxygens (including phenoxy) is 1. The third-order valence-electron chi connectivity index (χ3n) is 5.02. The lowest BCUT2D eigenvalue weighted by Crippen LogP contribution is -2.49. The highest BCUT2D eigenvalue weighted by molar-refractivity contribution is 8.00. The van der Waals surface area contributed by atoms with E-state index >= 15 is 0 Å². The molecule has 2 aliphatic rings. The van der Waals surface area contributed by atoms with Crippen LogP contribution in [0.4, 0.5) is 0 Å². The summed E-state index contributed by atoms with van der Waals surface area (Å²) in [5.41, 5.74) is 0.519. The van der Waals surface area contributed by atoms with Gasteiger partial charge in [0.1, 0.15) is 5.03 Å². The summed E-state index contributed by atoms with van der Waals surface area (Å²) < 4.78 is 32.2. The van der Waals surface area contributed by atoms with Gasteiger partial charge in [-0.3, -0.25) is 4.79 Å². The zero-order chi connectivity index (χ0) is 20.1. The summed E-state index contributed by atoms with van der Waals surface area (Å²) in [5.74, 6) is -0.392. The third-order valence-corrected chi connectivity index (χ3v) is 8.18. The largest absolute Gasteiger partial charge is 0.373 e. The van der Waals surface area contributed by atoms with Crippen LogP contribution in [-0.4, -0.2) is 66.5 Å². The number of carbonyl (C=O) groups is 1. The highest BCUT2D eigenvalue weighted by Gasteiger charge is 2.30. The van der Waals surface area contributed by atoms with Gasteiger partial charge in [0.25, 0.3) is 5.91 Å². The molecule has 2 fully saturated rings. The number of hydrogen-bond donors (Lipinski definition) is 1. The molecule has 1 N–H and O–H groups in total. The maximum absolute atomic E-state index is 12.6. The summed E-state index contributed by atoms with van der Waals surface area (Å²) in [6.45, 7) is 4.51. The minimum Gasteiger partial charge on any atom is -0.373 e. The average molecular weight is 428 g/mol. The molecule has 0 bridgehead atoms. The number of aromatic nitrogens is 1. The van der Waals surface area contributed by atoms with Gasteiger partial charge >= 0.3 is 0 Å². The third kappa shape index (κ3) is 5.68. The van der Waals surface area contributed by atoms with Crippen molar-refractivity contribution in [2.45, 2.75) is 62.0 Å². The van der Waals surface area contributed by atoms with Gasteiger partial charge in [-0.25, -0.2) is 13.4 Å². The number of pyridine rings is 1. The van der Waals surface area contributed by atoms with Crippen molar-refractivity contribution in [3.05, 3.63) is 23.9 Å². The molecule has 1 aromatic heterocycles. The van der Waals surface area contributed by atoms with Gasteiger partial charge in [-0.2, -0.15) is 4.31 Å². The number of nitrogens with zero attached hydrogens (tertiary/aromatic N) is 2. The second-order valence-electron chi connectivity index (χ2n) is 7.53. The fraction of sp³-hybridized carbons (Fsp3) is 0.684. The Morgan fingerprint density at radius 1 is 1.29 bits per heavy atom. The summed E-state index contributed by atoms with van der Waals surface area (Å²) >= 11 is 1.66. The number of carbonyl (C=O) groups excluding carboxylic acids is 1. The van der Waals surface area contributed by atoms with Crippen LogP contribution in [0.1, 0.15) is 49.9 Å². The van der Waals surface area contributed by atoms with Crippen molar-refractivity contribution in [1.82, 2.24) is 14.6 Å². The van der Waals surface area contributed by atoms with Crippen molar-refractivity contribution >= 4 is 27.7 Å². The molecular formula is C19H29N3O4S2. The molecule has 1 saturated carbocycles. The van der Waals surface area contributed by atoms with E-state index in [1.807, 2.05) is 13.8 Å². The Morgan fingerprint density at radius 2 is 1.96 bits per heavy atom. The van der Waals surface area contributed by atoms with E-state index in [2.05, 4.69) is 10.3 Å².